The first-order chi connectivity index (χ1) is 7.45. The summed E-state index contributed by atoms with van der Waals surface area (Å²) in [7, 11) is 0. The molecule has 0 unspecified atom stereocenters. The summed E-state index contributed by atoms with van der Waals surface area (Å²) < 4.78 is 0. The van der Waals surface area contributed by atoms with Gasteiger partial charge in [0.15, 0.2) is 0 Å². The van der Waals surface area contributed by atoms with Crippen molar-refractivity contribution in [2.24, 2.45) is 5.92 Å². The lowest BCUT2D eigenvalue weighted by Gasteiger charge is -2.21. The number of hydrogen-bond donors (Lipinski definition) is 2. The highest BCUT2D eigenvalue weighted by Gasteiger charge is 2.19. The molecule has 0 aromatic heterocycles. The second kappa shape index (κ2) is 6.49. The molecule has 2 aliphatic carbocycles. The summed E-state index contributed by atoms with van der Waals surface area (Å²) in [5.41, 5.74) is 0. The van der Waals surface area contributed by atoms with Crippen molar-refractivity contribution in [2.75, 3.05) is 19.6 Å². The molecule has 0 aromatic carbocycles. The topological polar surface area (TPSA) is 24.1 Å². The van der Waals surface area contributed by atoms with E-state index in [2.05, 4.69) is 10.6 Å². The van der Waals surface area contributed by atoms with Gasteiger partial charge in [-0.15, -0.1) is 0 Å². The van der Waals surface area contributed by atoms with Gasteiger partial charge in [0.05, 0.1) is 0 Å². The van der Waals surface area contributed by atoms with Crippen molar-refractivity contribution in [1.29, 1.82) is 0 Å². The maximum absolute atomic E-state index is 3.55. The van der Waals surface area contributed by atoms with Crippen LogP contribution in [-0.4, -0.2) is 25.7 Å². The molecule has 15 heavy (non-hydrogen) atoms. The molecule has 2 fully saturated rings. The minimum atomic E-state index is 0.866. The molecule has 2 heteroatoms. The first-order valence-electron chi connectivity index (χ1n) is 6.89. The predicted octanol–water partition coefficient (Wildman–Crippen LogP) is 2.30. The number of hydrogen-bond acceptors (Lipinski definition) is 2. The van der Waals surface area contributed by atoms with Crippen LogP contribution in [0, 0.1) is 5.92 Å². The average Bonchev–Trinajstić information content (AvgIpc) is 3.09. The van der Waals surface area contributed by atoms with Crippen molar-refractivity contribution >= 4 is 0 Å². The lowest BCUT2D eigenvalue weighted by atomic mass is 9.87. The van der Waals surface area contributed by atoms with E-state index < -0.39 is 0 Å². The van der Waals surface area contributed by atoms with Gasteiger partial charge in [0.25, 0.3) is 0 Å². The molecule has 0 spiro atoms. The van der Waals surface area contributed by atoms with Crippen molar-refractivity contribution in [3.63, 3.8) is 0 Å². The Bertz CT molecular complexity index is 160. The summed E-state index contributed by atoms with van der Waals surface area (Å²) in [6.45, 7) is 3.55. The lowest BCUT2D eigenvalue weighted by Crippen LogP contribution is -2.30. The molecule has 2 aliphatic rings. The van der Waals surface area contributed by atoms with E-state index in [4.69, 9.17) is 0 Å². The van der Waals surface area contributed by atoms with Gasteiger partial charge in [0.2, 0.25) is 0 Å². The molecule has 0 aliphatic heterocycles. The van der Waals surface area contributed by atoms with Crippen LogP contribution in [0.1, 0.15) is 51.4 Å². The summed E-state index contributed by atoms with van der Waals surface area (Å²) >= 11 is 0. The molecule has 2 saturated carbocycles. The zero-order valence-electron chi connectivity index (χ0n) is 9.93. The highest BCUT2D eigenvalue weighted by Crippen LogP contribution is 2.25. The number of rotatable bonds is 7. The molecule has 0 saturated heterocycles. The Balaban J connectivity index is 1.37. The third-order valence-corrected chi connectivity index (χ3v) is 3.77. The van der Waals surface area contributed by atoms with E-state index in [1.165, 1.54) is 57.9 Å². The van der Waals surface area contributed by atoms with Crippen LogP contribution in [0.4, 0.5) is 0 Å². The third-order valence-electron chi connectivity index (χ3n) is 3.77. The summed E-state index contributed by atoms with van der Waals surface area (Å²) in [4.78, 5) is 0. The molecular weight excluding hydrogens is 184 g/mol. The largest absolute Gasteiger partial charge is 0.315 e. The molecule has 0 amide bonds. The van der Waals surface area contributed by atoms with E-state index in [1.54, 1.807) is 0 Å². The minimum absolute atomic E-state index is 0.866. The summed E-state index contributed by atoms with van der Waals surface area (Å²) in [5.74, 6) is 1.03. The van der Waals surface area contributed by atoms with E-state index in [0.717, 1.165) is 25.0 Å². The predicted molar refractivity (Wildman–Crippen MR) is 65.1 cm³/mol. The molecule has 2 nitrogen and oxygen atoms in total. The minimum Gasteiger partial charge on any atom is -0.315 e. The Morgan fingerprint density at radius 3 is 2.33 bits per heavy atom. The van der Waals surface area contributed by atoms with Gasteiger partial charge in [-0.1, -0.05) is 32.1 Å². The molecule has 2 N–H and O–H groups in total. The first-order valence-corrected chi connectivity index (χ1v) is 6.89. The van der Waals surface area contributed by atoms with E-state index in [-0.39, 0.29) is 0 Å². The first kappa shape index (κ1) is 11.4. The van der Waals surface area contributed by atoms with Crippen LogP contribution in [0.15, 0.2) is 0 Å². The van der Waals surface area contributed by atoms with Crippen molar-refractivity contribution in [1.82, 2.24) is 10.6 Å². The van der Waals surface area contributed by atoms with E-state index in [1.807, 2.05) is 0 Å². The van der Waals surface area contributed by atoms with Crippen LogP contribution in [0.25, 0.3) is 0 Å². The highest BCUT2D eigenvalue weighted by molar-refractivity contribution is 4.80. The lowest BCUT2D eigenvalue weighted by molar-refractivity contribution is 0.334. The van der Waals surface area contributed by atoms with Gasteiger partial charge in [0.1, 0.15) is 0 Å². The van der Waals surface area contributed by atoms with E-state index in [9.17, 15) is 0 Å². The molecule has 2 rings (SSSR count). The van der Waals surface area contributed by atoms with Crippen LogP contribution in [0.5, 0.6) is 0 Å². The van der Waals surface area contributed by atoms with Gasteiger partial charge >= 0.3 is 0 Å². The molecule has 0 heterocycles. The van der Waals surface area contributed by atoms with Crippen molar-refractivity contribution in [3.8, 4) is 0 Å². The van der Waals surface area contributed by atoms with Crippen molar-refractivity contribution < 1.29 is 0 Å². The van der Waals surface area contributed by atoms with E-state index in [0.29, 0.717) is 0 Å². The Morgan fingerprint density at radius 1 is 0.800 bits per heavy atom. The summed E-state index contributed by atoms with van der Waals surface area (Å²) in [5, 5.41) is 7.09. The third kappa shape index (κ3) is 4.98. The molecule has 0 aromatic rings. The van der Waals surface area contributed by atoms with Crippen LogP contribution in [-0.2, 0) is 0 Å². The van der Waals surface area contributed by atoms with Crippen LogP contribution in [0.3, 0.4) is 0 Å². The average molecular weight is 210 g/mol. The quantitative estimate of drug-likeness (QED) is 0.630. The standard InChI is InChI=1S/C13H26N2/c1-2-4-12(5-3-1)8-9-14-10-11-15-13-6-7-13/h12-15H,1-11H2. The van der Waals surface area contributed by atoms with Gasteiger partial charge in [0, 0.05) is 19.1 Å². The zero-order chi connectivity index (χ0) is 10.3. The Morgan fingerprint density at radius 2 is 1.60 bits per heavy atom. The van der Waals surface area contributed by atoms with Crippen LogP contribution >= 0.6 is 0 Å². The van der Waals surface area contributed by atoms with Gasteiger partial charge in [-0.05, 0) is 31.7 Å². The fraction of sp³-hybridized carbons (Fsp3) is 1.00. The molecular formula is C13H26N2. The molecule has 88 valence electrons. The van der Waals surface area contributed by atoms with Crippen molar-refractivity contribution in [3.05, 3.63) is 0 Å². The Kier molecular flexibility index (Phi) is 4.94. The van der Waals surface area contributed by atoms with Crippen molar-refractivity contribution in [2.45, 2.75) is 57.4 Å². The fourth-order valence-corrected chi connectivity index (χ4v) is 2.56. The van der Waals surface area contributed by atoms with Gasteiger partial charge < -0.3 is 10.6 Å². The van der Waals surface area contributed by atoms with Gasteiger partial charge in [-0.25, -0.2) is 0 Å². The van der Waals surface area contributed by atoms with Crippen LogP contribution < -0.4 is 10.6 Å². The fourth-order valence-electron chi connectivity index (χ4n) is 2.56. The molecule has 0 radical (unpaired) electrons. The Hall–Kier alpha value is -0.0800. The SMILES string of the molecule is C1CCC(CCNCCNC2CC2)CC1. The normalized spacial score (nSPS) is 23.2. The maximum Gasteiger partial charge on any atom is 0.00793 e. The second-order valence-electron chi connectivity index (χ2n) is 5.27. The second-order valence-corrected chi connectivity index (χ2v) is 5.27. The monoisotopic (exact) mass is 210 g/mol. The molecule has 0 bridgehead atoms. The van der Waals surface area contributed by atoms with Gasteiger partial charge in [-0.3, -0.25) is 0 Å². The van der Waals surface area contributed by atoms with Gasteiger partial charge in [-0.2, -0.15) is 0 Å². The van der Waals surface area contributed by atoms with Crippen LogP contribution in [0.2, 0.25) is 0 Å². The highest BCUT2D eigenvalue weighted by atomic mass is 15.0. The Labute approximate surface area is 94.2 Å². The summed E-state index contributed by atoms with van der Waals surface area (Å²) in [6, 6.07) is 0.866. The smallest absolute Gasteiger partial charge is 0.00793 e. The number of nitrogens with one attached hydrogen (secondary N) is 2. The maximum atomic E-state index is 3.55. The molecule has 0 atom stereocenters. The van der Waals surface area contributed by atoms with E-state index >= 15 is 0 Å². The zero-order valence-corrected chi connectivity index (χ0v) is 9.93. The summed E-state index contributed by atoms with van der Waals surface area (Å²) in [6.07, 6.45) is 11.6.